The summed E-state index contributed by atoms with van der Waals surface area (Å²) in [5.41, 5.74) is 5.48. The van der Waals surface area contributed by atoms with Gasteiger partial charge in [-0.25, -0.2) is 0 Å². The zero-order valence-electron chi connectivity index (χ0n) is 8.81. The third-order valence-electron chi connectivity index (χ3n) is 2.77. The average molecular weight is 224 g/mol. The van der Waals surface area contributed by atoms with Gasteiger partial charge in [-0.05, 0) is 31.2 Å². The number of thioether (sulfide) groups is 1. The third-order valence-corrected chi connectivity index (χ3v) is 3.94. The number of anilines is 2. The number of hydrogen-bond donors (Lipinski definition) is 2. The Morgan fingerprint density at radius 1 is 1.40 bits per heavy atom. The Balaban J connectivity index is 1.99. The van der Waals surface area contributed by atoms with Crippen LogP contribution in [0.15, 0.2) is 12.1 Å². The fraction of sp³-hybridized carbons (Fsp3) is 0.600. The minimum Gasteiger partial charge on any atom is -0.382 e. The highest BCUT2D eigenvalue weighted by Gasteiger charge is 2.26. The molecule has 82 valence electrons. The van der Waals surface area contributed by atoms with Gasteiger partial charge in [0.25, 0.3) is 0 Å². The number of aromatic nitrogens is 2. The summed E-state index contributed by atoms with van der Waals surface area (Å²) in [7, 11) is 0. The van der Waals surface area contributed by atoms with E-state index in [1.54, 1.807) is 6.07 Å². The van der Waals surface area contributed by atoms with Crippen molar-refractivity contribution in [3.63, 3.8) is 0 Å². The van der Waals surface area contributed by atoms with Crippen LogP contribution in [-0.4, -0.2) is 27.7 Å². The van der Waals surface area contributed by atoms with Crippen LogP contribution in [0.5, 0.6) is 0 Å². The Kier molecular flexibility index (Phi) is 3.30. The second-order valence-electron chi connectivity index (χ2n) is 3.80. The normalized spacial score (nSPS) is 25.4. The highest BCUT2D eigenvalue weighted by molar-refractivity contribution is 7.99. The van der Waals surface area contributed by atoms with Crippen LogP contribution in [0.1, 0.15) is 19.3 Å². The third kappa shape index (κ3) is 2.53. The fourth-order valence-electron chi connectivity index (χ4n) is 1.98. The highest BCUT2D eigenvalue weighted by atomic mass is 32.2. The first-order valence-corrected chi connectivity index (χ1v) is 6.47. The summed E-state index contributed by atoms with van der Waals surface area (Å²) in [6, 6.07) is 4.19. The van der Waals surface area contributed by atoms with Gasteiger partial charge in [0, 0.05) is 11.3 Å². The van der Waals surface area contributed by atoms with Crippen LogP contribution in [0.2, 0.25) is 0 Å². The molecular weight excluding hydrogens is 208 g/mol. The van der Waals surface area contributed by atoms with Gasteiger partial charge < -0.3 is 11.1 Å². The van der Waals surface area contributed by atoms with Gasteiger partial charge in [-0.2, -0.15) is 11.8 Å². The Labute approximate surface area is 94.0 Å². The van der Waals surface area contributed by atoms with Gasteiger partial charge in [0.1, 0.15) is 11.6 Å². The molecule has 1 aromatic rings. The molecule has 2 rings (SSSR count). The van der Waals surface area contributed by atoms with E-state index in [4.69, 9.17) is 5.73 Å². The predicted molar refractivity (Wildman–Crippen MR) is 65.0 cm³/mol. The summed E-state index contributed by atoms with van der Waals surface area (Å²) in [4.78, 5) is 0. The maximum absolute atomic E-state index is 5.48. The highest BCUT2D eigenvalue weighted by Crippen LogP contribution is 2.30. The van der Waals surface area contributed by atoms with Gasteiger partial charge in [0.2, 0.25) is 0 Å². The van der Waals surface area contributed by atoms with Crippen molar-refractivity contribution in [2.45, 2.75) is 30.6 Å². The van der Waals surface area contributed by atoms with Crippen LogP contribution in [-0.2, 0) is 0 Å². The fourth-order valence-corrected chi connectivity index (χ4v) is 2.92. The Morgan fingerprint density at radius 2 is 2.27 bits per heavy atom. The standard InChI is InChI=1S/C10H16N4S/c1-15-8-4-2-3-7(8)12-10-6-5-9(11)13-14-10/h5-8H,2-4H2,1H3,(H2,11,13)(H,12,14). The summed E-state index contributed by atoms with van der Waals surface area (Å²) < 4.78 is 0. The SMILES string of the molecule is CSC1CCCC1Nc1ccc(N)nn1. The molecule has 0 aliphatic heterocycles. The summed E-state index contributed by atoms with van der Waals surface area (Å²) in [5.74, 6) is 1.29. The Bertz CT molecular complexity index is 314. The lowest BCUT2D eigenvalue weighted by molar-refractivity contribution is 0.759. The molecule has 2 unspecified atom stereocenters. The monoisotopic (exact) mass is 224 g/mol. The van der Waals surface area contributed by atoms with Crippen molar-refractivity contribution in [1.29, 1.82) is 0 Å². The molecule has 1 aliphatic carbocycles. The van der Waals surface area contributed by atoms with E-state index in [1.807, 2.05) is 17.8 Å². The molecule has 0 saturated heterocycles. The molecule has 1 saturated carbocycles. The first-order valence-electron chi connectivity index (χ1n) is 5.18. The van der Waals surface area contributed by atoms with Gasteiger partial charge in [0.15, 0.2) is 0 Å². The van der Waals surface area contributed by atoms with Crippen LogP contribution in [0.4, 0.5) is 11.6 Å². The van der Waals surface area contributed by atoms with Crippen molar-refractivity contribution in [3.05, 3.63) is 12.1 Å². The van der Waals surface area contributed by atoms with Crippen molar-refractivity contribution in [2.24, 2.45) is 0 Å². The number of nitrogens with one attached hydrogen (secondary N) is 1. The van der Waals surface area contributed by atoms with E-state index >= 15 is 0 Å². The van der Waals surface area contributed by atoms with Gasteiger partial charge >= 0.3 is 0 Å². The molecule has 1 heterocycles. The minimum absolute atomic E-state index is 0.466. The maximum Gasteiger partial charge on any atom is 0.149 e. The molecule has 15 heavy (non-hydrogen) atoms. The molecule has 0 radical (unpaired) electrons. The molecular formula is C10H16N4S. The first-order chi connectivity index (χ1) is 7.29. The van der Waals surface area contributed by atoms with E-state index in [0.717, 1.165) is 5.82 Å². The molecule has 1 fully saturated rings. The topological polar surface area (TPSA) is 63.8 Å². The molecule has 2 atom stereocenters. The van der Waals surface area contributed by atoms with Crippen molar-refractivity contribution >= 4 is 23.4 Å². The lowest BCUT2D eigenvalue weighted by Crippen LogP contribution is -2.26. The molecule has 4 nitrogen and oxygen atoms in total. The summed E-state index contributed by atoms with van der Waals surface area (Å²) in [6.45, 7) is 0. The van der Waals surface area contributed by atoms with Gasteiger partial charge in [-0.1, -0.05) is 6.42 Å². The zero-order valence-corrected chi connectivity index (χ0v) is 9.63. The van der Waals surface area contributed by atoms with Gasteiger partial charge in [-0.15, -0.1) is 10.2 Å². The van der Waals surface area contributed by atoms with Crippen molar-refractivity contribution < 1.29 is 0 Å². The molecule has 1 aliphatic rings. The van der Waals surface area contributed by atoms with E-state index in [-0.39, 0.29) is 0 Å². The molecule has 0 spiro atoms. The van der Waals surface area contributed by atoms with Crippen molar-refractivity contribution in [3.8, 4) is 0 Å². The van der Waals surface area contributed by atoms with Crippen LogP contribution in [0, 0.1) is 0 Å². The zero-order chi connectivity index (χ0) is 10.7. The van der Waals surface area contributed by atoms with Gasteiger partial charge in [-0.3, -0.25) is 0 Å². The van der Waals surface area contributed by atoms with E-state index in [0.29, 0.717) is 17.1 Å². The average Bonchev–Trinajstić information content (AvgIpc) is 2.69. The van der Waals surface area contributed by atoms with E-state index in [9.17, 15) is 0 Å². The molecule has 5 heteroatoms. The van der Waals surface area contributed by atoms with Crippen LogP contribution >= 0.6 is 11.8 Å². The molecule has 1 aromatic heterocycles. The molecule has 0 amide bonds. The van der Waals surface area contributed by atoms with Gasteiger partial charge in [0.05, 0.1) is 0 Å². The minimum atomic E-state index is 0.466. The molecule has 0 bridgehead atoms. The van der Waals surface area contributed by atoms with Crippen LogP contribution in [0.3, 0.4) is 0 Å². The molecule has 3 N–H and O–H groups in total. The number of rotatable bonds is 3. The van der Waals surface area contributed by atoms with Crippen molar-refractivity contribution in [1.82, 2.24) is 10.2 Å². The second kappa shape index (κ2) is 4.70. The van der Waals surface area contributed by atoms with E-state index < -0.39 is 0 Å². The van der Waals surface area contributed by atoms with Crippen molar-refractivity contribution in [2.75, 3.05) is 17.3 Å². The lowest BCUT2D eigenvalue weighted by atomic mass is 10.2. The van der Waals surface area contributed by atoms with E-state index in [1.165, 1.54) is 19.3 Å². The first kappa shape index (κ1) is 10.5. The number of hydrogen-bond acceptors (Lipinski definition) is 5. The number of nitrogen functional groups attached to an aromatic ring is 1. The largest absolute Gasteiger partial charge is 0.382 e. The summed E-state index contributed by atoms with van der Waals surface area (Å²) >= 11 is 1.93. The smallest absolute Gasteiger partial charge is 0.149 e. The maximum atomic E-state index is 5.48. The lowest BCUT2D eigenvalue weighted by Gasteiger charge is -2.19. The molecule has 0 aromatic carbocycles. The predicted octanol–water partition coefficient (Wildman–Crippen LogP) is 1.75. The van der Waals surface area contributed by atoms with E-state index in [2.05, 4.69) is 21.8 Å². The quantitative estimate of drug-likeness (QED) is 0.819. The number of nitrogens with zero attached hydrogens (tertiary/aromatic N) is 2. The second-order valence-corrected chi connectivity index (χ2v) is 4.88. The van der Waals surface area contributed by atoms with Crippen LogP contribution in [0.25, 0.3) is 0 Å². The number of nitrogens with two attached hydrogens (primary N) is 1. The summed E-state index contributed by atoms with van der Waals surface area (Å²) in [6.07, 6.45) is 5.98. The Morgan fingerprint density at radius 3 is 2.93 bits per heavy atom. The van der Waals surface area contributed by atoms with Crippen LogP contribution < -0.4 is 11.1 Å². The summed E-state index contributed by atoms with van der Waals surface area (Å²) in [5, 5.41) is 12.0. The Hall–Kier alpha value is -0.970.